The van der Waals surface area contributed by atoms with E-state index in [0.717, 1.165) is 12.8 Å². The fourth-order valence-corrected chi connectivity index (χ4v) is 0.960. The Morgan fingerprint density at radius 2 is 2.50 bits per heavy atom. The Kier molecular flexibility index (Phi) is 2.81. The lowest BCUT2D eigenvalue weighted by molar-refractivity contribution is 0.825. The normalized spacial score (nSPS) is 9.60. The van der Waals surface area contributed by atoms with Crippen molar-refractivity contribution in [1.29, 1.82) is 0 Å². The van der Waals surface area contributed by atoms with Crippen molar-refractivity contribution in [2.45, 2.75) is 19.3 Å². The summed E-state index contributed by atoms with van der Waals surface area (Å²) in [6.07, 6.45) is 7.37. The monoisotopic (exact) mass is 135 g/mol. The fraction of sp³-hybridized carbons (Fsp3) is 0.333. The van der Waals surface area contributed by atoms with Crippen LogP contribution in [0, 0.1) is 0 Å². The van der Waals surface area contributed by atoms with E-state index in [0.29, 0.717) is 0 Å². The Balaban J connectivity index is 2.21. The third kappa shape index (κ3) is 2.09. The highest BCUT2D eigenvalue weighted by molar-refractivity contribution is 5.03. The minimum atomic E-state index is 1.11. The minimum absolute atomic E-state index is 1.11. The van der Waals surface area contributed by atoms with Crippen LogP contribution in [-0.2, 0) is 6.42 Å². The van der Waals surface area contributed by atoms with Crippen LogP contribution in [0.1, 0.15) is 18.5 Å². The number of hydrogen-bond donors (Lipinski definition) is 1. The Hall–Kier alpha value is -0.980. The summed E-state index contributed by atoms with van der Waals surface area (Å²) in [5.74, 6) is 0. The second kappa shape index (κ2) is 3.94. The third-order valence-corrected chi connectivity index (χ3v) is 1.52. The number of nitrogens with one attached hydrogen (secondary N) is 1. The van der Waals surface area contributed by atoms with Gasteiger partial charge in [-0.3, -0.25) is 0 Å². The maximum absolute atomic E-state index is 3.67. The number of unbranched alkanes of at least 4 members (excludes halogenated alkanes) is 1. The van der Waals surface area contributed by atoms with Crippen molar-refractivity contribution < 1.29 is 0 Å². The van der Waals surface area contributed by atoms with Crippen LogP contribution >= 0.6 is 0 Å². The van der Waals surface area contributed by atoms with Gasteiger partial charge >= 0.3 is 0 Å². The summed E-state index contributed by atoms with van der Waals surface area (Å²) >= 11 is 0. The van der Waals surface area contributed by atoms with Crippen molar-refractivity contribution in [1.82, 2.24) is 4.98 Å². The van der Waals surface area contributed by atoms with Crippen molar-refractivity contribution in [3.05, 3.63) is 36.7 Å². The summed E-state index contributed by atoms with van der Waals surface area (Å²) in [6, 6.07) is 4.15. The van der Waals surface area contributed by atoms with E-state index in [4.69, 9.17) is 0 Å². The maximum atomic E-state index is 3.67. The molecule has 0 radical (unpaired) electrons. The lowest BCUT2D eigenvalue weighted by atomic mass is 10.2. The molecule has 0 fully saturated rings. The Bertz CT molecular complexity index is 175. The molecular formula is C9H13N. The van der Waals surface area contributed by atoms with Gasteiger partial charge in [0.25, 0.3) is 0 Å². The van der Waals surface area contributed by atoms with Gasteiger partial charge in [-0.05, 0) is 31.4 Å². The smallest absolute Gasteiger partial charge is 0.0147 e. The zero-order valence-corrected chi connectivity index (χ0v) is 6.14. The highest BCUT2D eigenvalue weighted by Crippen LogP contribution is 2.01. The molecule has 0 saturated carbocycles. The molecule has 0 spiro atoms. The van der Waals surface area contributed by atoms with Crippen molar-refractivity contribution in [3.63, 3.8) is 0 Å². The molecule has 1 aromatic rings. The van der Waals surface area contributed by atoms with Crippen molar-refractivity contribution in [2.75, 3.05) is 0 Å². The molecule has 0 amide bonds. The SMILES string of the molecule is C=CCCCc1ccc[nH]1. The Morgan fingerprint density at radius 3 is 3.10 bits per heavy atom. The highest BCUT2D eigenvalue weighted by atomic mass is 14.7. The summed E-state index contributed by atoms with van der Waals surface area (Å²) in [5, 5.41) is 0. The molecule has 1 nitrogen and oxygen atoms in total. The van der Waals surface area contributed by atoms with Gasteiger partial charge in [0.15, 0.2) is 0 Å². The quantitative estimate of drug-likeness (QED) is 0.482. The summed E-state index contributed by atoms with van der Waals surface area (Å²) in [7, 11) is 0. The summed E-state index contributed by atoms with van der Waals surface area (Å²) < 4.78 is 0. The molecule has 54 valence electrons. The summed E-state index contributed by atoms with van der Waals surface area (Å²) in [4.78, 5) is 3.16. The third-order valence-electron chi connectivity index (χ3n) is 1.52. The predicted octanol–water partition coefficient (Wildman–Crippen LogP) is 2.52. The van der Waals surface area contributed by atoms with Gasteiger partial charge in [-0.1, -0.05) is 6.08 Å². The van der Waals surface area contributed by atoms with Gasteiger partial charge in [-0.25, -0.2) is 0 Å². The van der Waals surface area contributed by atoms with Crippen LogP contribution in [0.2, 0.25) is 0 Å². The van der Waals surface area contributed by atoms with Crippen LogP contribution < -0.4 is 0 Å². The standard InChI is InChI=1S/C9H13N/c1-2-3-4-6-9-7-5-8-10-9/h2,5,7-8,10H,1,3-4,6H2. The van der Waals surface area contributed by atoms with Gasteiger partial charge < -0.3 is 4.98 Å². The van der Waals surface area contributed by atoms with E-state index in [-0.39, 0.29) is 0 Å². The molecular weight excluding hydrogens is 122 g/mol. The average molecular weight is 135 g/mol. The number of allylic oxidation sites excluding steroid dienone is 1. The summed E-state index contributed by atoms with van der Waals surface area (Å²) in [5.41, 5.74) is 1.32. The van der Waals surface area contributed by atoms with Crippen LogP contribution in [0.25, 0.3) is 0 Å². The summed E-state index contributed by atoms with van der Waals surface area (Å²) in [6.45, 7) is 3.67. The molecule has 1 N–H and O–H groups in total. The number of aryl methyl sites for hydroxylation is 1. The zero-order valence-electron chi connectivity index (χ0n) is 6.14. The molecule has 0 aliphatic rings. The van der Waals surface area contributed by atoms with Gasteiger partial charge in [0, 0.05) is 11.9 Å². The van der Waals surface area contributed by atoms with E-state index < -0.39 is 0 Å². The lowest BCUT2D eigenvalue weighted by Crippen LogP contribution is -1.82. The van der Waals surface area contributed by atoms with E-state index in [2.05, 4.69) is 17.6 Å². The molecule has 0 saturated heterocycles. The van der Waals surface area contributed by atoms with Crippen molar-refractivity contribution >= 4 is 0 Å². The molecule has 1 aromatic heterocycles. The second-order valence-corrected chi connectivity index (χ2v) is 2.38. The molecule has 1 heterocycles. The van der Waals surface area contributed by atoms with Crippen LogP contribution in [0.5, 0.6) is 0 Å². The van der Waals surface area contributed by atoms with E-state index >= 15 is 0 Å². The van der Waals surface area contributed by atoms with Crippen molar-refractivity contribution in [3.8, 4) is 0 Å². The second-order valence-electron chi connectivity index (χ2n) is 2.38. The first-order valence-electron chi connectivity index (χ1n) is 3.66. The molecule has 0 aromatic carbocycles. The zero-order chi connectivity index (χ0) is 7.23. The van der Waals surface area contributed by atoms with E-state index in [9.17, 15) is 0 Å². The van der Waals surface area contributed by atoms with E-state index in [1.165, 1.54) is 12.1 Å². The number of rotatable bonds is 4. The fourth-order valence-electron chi connectivity index (χ4n) is 0.960. The molecule has 0 atom stereocenters. The minimum Gasteiger partial charge on any atom is -0.365 e. The molecule has 0 aliphatic carbocycles. The maximum Gasteiger partial charge on any atom is 0.0147 e. The highest BCUT2D eigenvalue weighted by Gasteiger charge is 1.89. The molecule has 0 aliphatic heterocycles. The molecule has 10 heavy (non-hydrogen) atoms. The first-order valence-corrected chi connectivity index (χ1v) is 3.66. The van der Waals surface area contributed by atoms with Gasteiger partial charge in [-0.2, -0.15) is 0 Å². The number of aromatic nitrogens is 1. The lowest BCUT2D eigenvalue weighted by Gasteiger charge is -1.92. The largest absolute Gasteiger partial charge is 0.365 e. The first-order chi connectivity index (χ1) is 4.93. The van der Waals surface area contributed by atoms with Gasteiger partial charge in [0.2, 0.25) is 0 Å². The van der Waals surface area contributed by atoms with Gasteiger partial charge in [-0.15, -0.1) is 6.58 Å². The Labute approximate surface area is 61.8 Å². The molecule has 0 bridgehead atoms. The molecule has 0 unspecified atom stereocenters. The number of H-pyrrole nitrogens is 1. The first kappa shape index (κ1) is 7.13. The average Bonchev–Trinajstić information content (AvgIpc) is 2.41. The van der Waals surface area contributed by atoms with Gasteiger partial charge in [0.1, 0.15) is 0 Å². The number of aromatic amines is 1. The van der Waals surface area contributed by atoms with Crippen LogP contribution in [0.3, 0.4) is 0 Å². The predicted molar refractivity (Wildman–Crippen MR) is 43.9 cm³/mol. The topological polar surface area (TPSA) is 15.8 Å². The van der Waals surface area contributed by atoms with E-state index in [1.54, 1.807) is 0 Å². The van der Waals surface area contributed by atoms with Crippen LogP contribution in [-0.4, -0.2) is 4.98 Å². The van der Waals surface area contributed by atoms with Crippen LogP contribution in [0.15, 0.2) is 31.0 Å². The molecule has 1 rings (SSSR count). The van der Waals surface area contributed by atoms with Crippen molar-refractivity contribution in [2.24, 2.45) is 0 Å². The van der Waals surface area contributed by atoms with Gasteiger partial charge in [0.05, 0.1) is 0 Å². The Morgan fingerprint density at radius 1 is 1.60 bits per heavy atom. The number of hydrogen-bond acceptors (Lipinski definition) is 0. The molecule has 1 heteroatoms. The van der Waals surface area contributed by atoms with E-state index in [1.807, 2.05) is 18.3 Å². The van der Waals surface area contributed by atoms with Crippen LogP contribution in [0.4, 0.5) is 0 Å².